The van der Waals surface area contributed by atoms with E-state index in [1.165, 1.54) is 0 Å². The lowest BCUT2D eigenvalue weighted by Crippen LogP contribution is -2.49. The zero-order valence-corrected chi connectivity index (χ0v) is 8.65. The number of nitrogens with two attached hydrogens (primary N) is 2. The summed E-state index contributed by atoms with van der Waals surface area (Å²) in [7, 11) is 0. The number of hydrogen-bond donors (Lipinski definition) is 2. The van der Waals surface area contributed by atoms with E-state index in [4.69, 9.17) is 16.2 Å². The highest BCUT2D eigenvalue weighted by Gasteiger charge is 2.24. The Bertz CT molecular complexity index is 245. The van der Waals surface area contributed by atoms with E-state index in [2.05, 4.69) is 0 Å². The number of hydrogen-bond acceptors (Lipinski definition) is 4. The first kappa shape index (κ1) is 11.9. The predicted molar refractivity (Wildman–Crippen MR) is 53.8 cm³/mol. The fraction of sp³-hybridized carbons (Fsp3) is 0.778. The molecular weight excluding hydrogens is 198 g/mol. The summed E-state index contributed by atoms with van der Waals surface area (Å²) < 4.78 is 4.97. The number of amides is 2. The second-order valence-electron chi connectivity index (χ2n) is 3.59. The van der Waals surface area contributed by atoms with Gasteiger partial charge in [-0.3, -0.25) is 9.59 Å². The molecule has 6 heteroatoms. The van der Waals surface area contributed by atoms with Gasteiger partial charge < -0.3 is 21.1 Å². The molecule has 0 radical (unpaired) electrons. The average molecular weight is 215 g/mol. The number of carbonyl (C=O) groups excluding carboxylic acids is 2. The molecule has 2 amide bonds. The van der Waals surface area contributed by atoms with Crippen LogP contribution in [0.2, 0.25) is 0 Å². The minimum absolute atomic E-state index is 0.0380. The molecule has 0 spiro atoms. The zero-order valence-electron chi connectivity index (χ0n) is 8.65. The van der Waals surface area contributed by atoms with Crippen LogP contribution < -0.4 is 11.5 Å². The van der Waals surface area contributed by atoms with Gasteiger partial charge >= 0.3 is 0 Å². The van der Waals surface area contributed by atoms with Crippen LogP contribution >= 0.6 is 0 Å². The lowest BCUT2D eigenvalue weighted by Gasteiger charge is -2.30. The summed E-state index contributed by atoms with van der Waals surface area (Å²) in [5, 5.41) is 0. The van der Waals surface area contributed by atoms with E-state index in [-0.39, 0.29) is 18.6 Å². The monoisotopic (exact) mass is 215 g/mol. The van der Waals surface area contributed by atoms with Crippen molar-refractivity contribution in [3.05, 3.63) is 0 Å². The number of ether oxygens (including phenoxy) is 1. The SMILES string of the molecule is NC(=O)COCCN1CCCC(N)C1=O. The molecule has 4 N–H and O–H groups in total. The molecule has 0 aliphatic carbocycles. The van der Waals surface area contributed by atoms with Crippen LogP contribution in [0.15, 0.2) is 0 Å². The van der Waals surface area contributed by atoms with Crippen molar-refractivity contribution in [3.8, 4) is 0 Å². The van der Waals surface area contributed by atoms with Crippen molar-refractivity contribution < 1.29 is 14.3 Å². The summed E-state index contributed by atoms with van der Waals surface area (Å²) in [4.78, 5) is 23.5. The molecule has 1 unspecified atom stereocenters. The van der Waals surface area contributed by atoms with Crippen molar-refractivity contribution in [2.45, 2.75) is 18.9 Å². The van der Waals surface area contributed by atoms with Crippen LogP contribution in [0.25, 0.3) is 0 Å². The van der Waals surface area contributed by atoms with Crippen LogP contribution in [0, 0.1) is 0 Å². The molecule has 6 nitrogen and oxygen atoms in total. The Hall–Kier alpha value is -1.14. The van der Waals surface area contributed by atoms with Crippen molar-refractivity contribution >= 4 is 11.8 Å². The van der Waals surface area contributed by atoms with Crippen molar-refractivity contribution in [1.82, 2.24) is 4.90 Å². The molecule has 0 aromatic heterocycles. The molecular formula is C9H17N3O3. The van der Waals surface area contributed by atoms with Crippen molar-refractivity contribution in [3.63, 3.8) is 0 Å². The molecule has 1 fully saturated rings. The van der Waals surface area contributed by atoms with Gasteiger partial charge in [-0.1, -0.05) is 0 Å². The molecule has 86 valence electrons. The smallest absolute Gasteiger partial charge is 0.243 e. The fourth-order valence-corrected chi connectivity index (χ4v) is 1.54. The van der Waals surface area contributed by atoms with Gasteiger partial charge in [0.25, 0.3) is 0 Å². The van der Waals surface area contributed by atoms with Crippen LogP contribution in [0.3, 0.4) is 0 Å². The minimum Gasteiger partial charge on any atom is -0.370 e. The maximum absolute atomic E-state index is 11.5. The first-order chi connectivity index (χ1) is 7.11. The molecule has 1 rings (SSSR count). The maximum atomic E-state index is 11.5. The average Bonchev–Trinajstić information content (AvgIpc) is 2.18. The quantitative estimate of drug-likeness (QED) is 0.542. The Morgan fingerprint density at radius 3 is 3.00 bits per heavy atom. The van der Waals surface area contributed by atoms with E-state index >= 15 is 0 Å². The van der Waals surface area contributed by atoms with Crippen LogP contribution in [0.1, 0.15) is 12.8 Å². The van der Waals surface area contributed by atoms with Crippen LogP contribution in [0.5, 0.6) is 0 Å². The lowest BCUT2D eigenvalue weighted by atomic mass is 10.1. The molecule has 0 aromatic rings. The molecule has 1 aliphatic rings. The van der Waals surface area contributed by atoms with Gasteiger partial charge in [0, 0.05) is 13.1 Å². The number of nitrogens with zero attached hydrogens (tertiary/aromatic N) is 1. The molecule has 0 saturated carbocycles. The van der Waals surface area contributed by atoms with Gasteiger partial charge in [-0.05, 0) is 12.8 Å². The van der Waals surface area contributed by atoms with Crippen LogP contribution in [0.4, 0.5) is 0 Å². The molecule has 1 aliphatic heterocycles. The number of rotatable bonds is 5. The molecule has 15 heavy (non-hydrogen) atoms. The third-order valence-corrected chi connectivity index (χ3v) is 2.32. The highest BCUT2D eigenvalue weighted by Crippen LogP contribution is 2.09. The summed E-state index contributed by atoms with van der Waals surface area (Å²) in [6.45, 7) is 1.40. The van der Waals surface area contributed by atoms with Crippen molar-refractivity contribution in [2.24, 2.45) is 11.5 Å². The Morgan fingerprint density at radius 1 is 1.60 bits per heavy atom. The summed E-state index contributed by atoms with van der Waals surface area (Å²) in [6, 6.07) is -0.380. The van der Waals surface area contributed by atoms with Crippen molar-refractivity contribution in [1.29, 1.82) is 0 Å². The highest BCUT2D eigenvalue weighted by molar-refractivity contribution is 5.82. The second kappa shape index (κ2) is 5.67. The van der Waals surface area contributed by atoms with Gasteiger partial charge in [0.1, 0.15) is 6.61 Å². The largest absolute Gasteiger partial charge is 0.370 e. The van der Waals surface area contributed by atoms with E-state index in [1.807, 2.05) is 0 Å². The van der Waals surface area contributed by atoms with Gasteiger partial charge in [0.2, 0.25) is 11.8 Å². The Morgan fingerprint density at radius 2 is 2.33 bits per heavy atom. The van der Waals surface area contributed by atoms with Gasteiger partial charge in [0.15, 0.2) is 0 Å². The minimum atomic E-state index is -0.503. The lowest BCUT2D eigenvalue weighted by molar-refractivity contribution is -0.135. The second-order valence-corrected chi connectivity index (χ2v) is 3.59. The first-order valence-electron chi connectivity index (χ1n) is 5.01. The van der Waals surface area contributed by atoms with E-state index in [9.17, 15) is 9.59 Å². The number of piperidine rings is 1. The fourth-order valence-electron chi connectivity index (χ4n) is 1.54. The van der Waals surface area contributed by atoms with E-state index in [0.29, 0.717) is 19.7 Å². The Labute approximate surface area is 88.5 Å². The van der Waals surface area contributed by atoms with Gasteiger partial charge in [-0.15, -0.1) is 0 Å². The molecule has 1 saturated heterocycles. The number of primary amides is 1. The number of carbonyl (C=O) groups is 2. The van der Waals surface area contributed by atoms with Gasteiger partial charge in [-0.25, -0.2) is 0 Å². The highest BCUT2D eigenvalue weighted by atomic mass is 16.5. The van der Waals surface area contributed by atoms with Gasteiger partial charge in [0.05, 0.1) is 12.6 Å². The zero-order chi connectivity index (χ0) is 11.3. The van der Waals surface area contributed by atoms with E-state index < -0.39 is 5.91 Å². The summed E-state index contributed by atoms with van der Waals surface area (Å²) >= 11 is 0. The maximum Gasteiger partial charge on any atom is 0.243 e. The summed E-state index contributed by atoms with van der Waals surface area (Å²) in [5.41, 5.74) is 10.5. The topological polar surface area (TPSA) is 98.7 Å². The Balaban J connectivity index is 2.20. The molecule has 1 atom stereocenters. The summed E-state index contributed by atoms with van der Waals surface area (Å²) in [5.74, 6) is -0.541. The van der Waals surface area contributed by atoms with Crippen molar-refractivity contribution in [2.75, 3.05) is 26.3 Å². The standard InChI is InChI=1S/C9H17N3O3/c10-7-2-1-3-12(9(7)14)4-5-15-6-8(11)13/h7H,1-6,10H2,(H2,11,13). The first-order valence-corrected chi connectivity index (χ1v) is 5.01. The van der Waals surface area contributed by atoms with Crippen LogP contribution in [-0.2, 0) is 14.3 Å². The van der Waals surface area contributed by atoms with Gasteiger partial charge in [-0.2, -0.15) is 0 Å². The predicted octanol–water partition coefficient (Wildman–Crippen LogP) is -1.56. The normalized spacial score (nSPS) is 21.8. The molecule has 0 bridgehead atoms. The molecule has 1 heterocycles. The van der Waals surface area contributed by atoms with Crippen LogP contribution in [-0.4, -0.2) is 49.1 Å². The summed E-state index contributed by atoms with van der Waals surface area (Å²) in [6.07, 6.45) is 1.67. The van der Waals surface area contributed by atoms with E-state index in [0.717, 1.165) is 12.8 Å². The third kappa shape index (κ3) is 3.85. The number of likely N-dealkylation sites (tertiary alicyclic amines) is 1. The molecule has 0 aromatic carbocycles. The Kier molecular flexibility index (Phi) is 4.51. The van der Waals surface area contributed by atoms with E-state index in [1.54, 1.807) is 4.90 Å². The third-order valence-electron chi connectivity index (χ3n) is 2.32.